The smallest absolute Gasteiger partial charge is 0.164 e. The lowest BCUT2D eigenvalue weighted by Crippen LogP contribution is -2.15. The minimum absolute atomic E-state index is 0.148. The molecule has 15 rings (SSSR count). The van der Waals surface area contributed by atoms with Gasteiger partial charge in [0.25, 0.3) is 0 Å². The predicted molar refractivity (Wildman–Crippen MR) is 305 cm³/mol. The predicted octanol–water partition coefficient (Wildman–Crippen LogP) is 17.3. The second-order valence-electron chi connectivity index (χ2n) is 19.8. The van der Waals surface area contributed by atoms with E-state index in [1.165, 1.54) is 37.0 Å². The van der Waals surface area contributed by atoms with Crippen molar-refractivity contribution >= 4 is 75.1 Å². The van der Waals surface area contributed by atoms with E-state index in [0.29, 0.717) is 23.0 Å². The van der Waals surface area contributed by atoms with Gasteiger partial charge in [-0.1, -0.05) is 159 Å². The van der Waals surface area contributed by atoms with E-state index in [4.69, 9.17) is 15.0 Å². The van der Waals surface area contributed by atoms with Crippen molar-refractivity contribution in [3.63, 3.8) is 0 Å². The summed E-state index contributed by atoms with van der Waals surface area (Å²) in [5.74, 6) is 1.60. The SMILES string of the molecule is CC1(C)c2ccccc2-c2ccc(-n3c4ccccc4c4c3ccc3c5ccccc5n(-c5ccc(-c6nc(-c7ccc8sc9ccccc9c8c7)nc(-c7ccccc7-c7ccccc7)n6)cc5C#N)c34)cc21. The topological polar surface area (TPSA) is 72.3 Å². The van der Waals surface area contributed by atoms with Gasteiger partial charge in [-0.2, -0.15) is 5.26 Å². The number of hydrogen-bond acceptors (Lipinski definition) is 5. The Morgan fingerprint density at radius 1 is 0.419 bits per heavy atom. The van der Waals surface area contributed by atoms with Crippen molar-refractivity contribution in [2.45, 2.75) is 19.3 Å². The number of rotatable bonds is 6. The molecule has 0 radical (unpaired) electrons. The maximum atomic E-state index is 11.3. The molecular weight excluding hydrogens is 921 g/mol. The maximum absolute atomic E-state index is 11.3. The first-order valence-corrected chi connectivity index (χ1v) is 25.8. The van der Waals surface area contributed by atoms with E-state index < -0.39 is 0 Å². The van der Waals surface area contributed by atoms with Crippen LogP contribution in [0.15, 0.2) is 218 Å². The molecule has 0 fully saturated rings. The van der Waals surface area contributed by atoms with Crippen LogP contribution in [0.3, 0.4) is 0 Å². The zero-order valence-corrected chi connectivity index (χ0v) is 41.2. The number of benzene rings is 10. The number of fused-ring (bicyclic) bond motifs is 13. The molecule has 0 bridgehead atoms. The van der Waals surface area contributed by atoms with Crippen molar-refractivity contribution in [3.8, 4) is 73.9 Å². The fourth-order valence-electron chi connectivity index (χ4n) is 12.0. The van der Waals surface area contributed by atoms with Crippen LogP contribution in [0.2, 0.25) is 0 Å². The highest BCUT2D eigenvalue weighted by atomic mass is 32.1. The molecule has 74 heavy (non-hydrogen) atoms. The van der Waals surface area contributed by atoms with Gasteiger partial charge in [-0.3, -0.25) is 0 Å². The molecule has 0 aliphatic heterocycles. The van der Waals surface area contributed by atoms with E-state index in [1.807, 2.05) is 18.2 Å². The van der Waals surface area contributed by atoms with Crippen LogP contribution >= 0.6 is 11.3 Å². The van der Waals surface area contributed by atoms with Crippen LogP contribution in [0.1, 0.15) is 30.5 Å². The third-order valence-electron chi connectivity index (χ3n) is 15.4. The highest BCUT2D eigenvalue weighted by Gasteiger charge is 2.35. The van der Waals surface area contributed by atoms with E-state index in [0.717, 1.165) is 88.2 Å². The third kappa shape index (κ3) is 6.19. The second-order valence-corrected chi connectivity index (χ2v) is 20.9. The Hall–Kier alpha value is -9.48. The standard InChI is InChI=1S/C67H42N6S/c1-67(2)54-24-12-8-19-46(54)47-31-30-44(38-55(47)67)72-58-26-14-10-23-52(58)62-59(72)34-32-50-48-20-9-13-25-57(48)73(63(50)62)56-33-28-41(36-43(56)39-68)64-69-65(42-29-35-61-53(37-42)49-21-11-15-27-60(49)74-61)71-66(70-64)51-22-7-6-18-45(51)40-16-4-3-5-17-40/h3-38H,1-2H3. The van der Waals surface area contributed by atoms with Gasteiger partial charge in [0, 0.05) is 69.5 Å². The Bertz CT molecular complexity index is 4720. The minimum atomic E-state index is -0.148. The molecular formula is C67H42N6S. The summed E-state index contributed by atoms with van der Waals surface area (Å²) in [7, 11) is 0. The first-order valence-electron chi connectivity index (χ1n) is 25.0. The molecule has 4 aromatic heterocycles. The van der Waals surface area contributed by atoms with Crippen molar-refractivity contribution in [2.24, 2.45) is 0 Å². The summed E-state index contributed by atoms with van der Waals surface area (Å²) in [6, 6.07) is 80.0. The van der Waals surface area contributed by atoms with Crippen molar-refractivity contribution in [3.05, 3.63) is 235 Å². The highest BCUT2D eigenvalue weighted by molar-refractivity contribution is 7.25. The van der Waals surface area contributed by atoms with Crippen LogP contribution < -0.4 is 0 Å². The van der Waals surface area contributed by atoms with E-state index in [9.17, 15) is 5.26 Å². The van der Waals surface area contributed by atoms with Crippen molar-refractivity contribution in [2.75, 3.05) is 0 Å². The summed E-state index contributed by atoms with van der Waals surface area (Å²) >= 11 is 1.79. The van der Waals surface area contributed by atoms with Gasteiger partial charge in [0.15, 0.2) is 17.5 Å². The quantitative estimate of drug-likeness (QED) is 0.166. The Labute approximate surface area is 430 Å². The molecule has 346 valence electrons. The average Bonchev–Trinajstić information content (AvgIpc) is 4.18. The van der Waals surface area contributed by atoms with E-state index in [1.54, 1.807) is 11.3 Å². The number of nitriles is 1. The lowest BCUT2D eigenvalue weighted by atomic mass is 9.82. The number of nitrogens with zero attached hydrogens (tertiary/aromatic N) is 6. The molecule has 0 unspecified atom stereocenters. The zero-order chi connectivity index (χ0) is 49.2. The lowest BCUT2D eigenvalue weighted by Gasteiger charge is -2.22. The molecule has 1 aliphatic rings. The van der Waals surface area contributed by atoms with Crippen LogP contribution in [0.5, 0.6) is 0 Å². The van der Waals surface area contributed by atoms with E-state index in [2.05, 4.69) is 229 Å². The number of thiophene rings is 1. The number of para-hydroxylation sites is 2. The molecule has 0 spiro atoms. The van der Waals surface area contributed by atoms with Gasteiger partial charge in [0.05, 0.1) is 33.3 Å². The Kier molecular flexibility index (Phi) is 9.14. The van der Waals surface area contributed by atoms with E-state index in [-0.39, 0.29) is 5.41 Å². The number of aromatic nitrogens is 5. The van der Waals surface area contributed by atoms with Gasteiger partial charge in [-0.25, -0.2) is 15.0 Å². The average molecular weight is 963 g/mol. The summed E-state index contributed by atoms with van der Waals surface area (Å²) < 4.78 is 7.17. The lowest BCUT2D eigenvalue weighted by molar-refractivity contribution is 0.660. The monoisotopic (exact) mass is 962 g/mol. The minimum Gasteiger partial charge on any atom is -0.309 e. The van der Waals surface area contributed by atoms with Crippen molar-refractivity contribution < 1.29 is 0 Å². The Morgan fingerprint density at radius 3 is 1.85 bits per heavy atom. The number of hydrogen-bond donors (Lipinski definition) is 0. The zero-order valence-electron chi connectivity index (χ0n) is 40.4. The first-order chi connectivity index (χ1) is 36.4. The first kappa shape index (κ1) is 42.2. The van der Waals surface area contributed by atoms with Gasteiger partial charge < -0.3 is 9.13 Å². The third-order valence-corrected chi connectivity index (χ3v) is 16.6. The van der Waals surface area contributed by atoms with Crippen LogP contribution in [0, 0.1) is 11.3 Å². The van der Waals surface area contributed by atoms with Crippen molar-refractivity contribution in [1.82, 2.24) is 24.1 Å². The van der Waals surface area contributed by atoms with Crippen molar-refractivity contribution in [1.29, 1.82) is 5.26 Å². The molecule has 0 atom stereocenters. The summed E-state index contributed by atoms with van der Waals surface area (Å²) in [6.45, 7) is 4.67. The molecule has 4 heterocycles. The van der Waals surface area contributed by atoms with Crippen LogP contribution in [0.25, 0.3) is 132 Å². The van der Waals surface area contributed by atoms with E-state index >= 15 is 0 Å². The highest BCUT2D eigenvalue weighted by Crippen LogP contribution is 2.50. The summed E-state index contributed by atoms with van der Waals surface area (Å²) in [5.41, 5.74) is 16.4. The maximum Gasteiger partial charge on any atom is 0.164 e. The molecule has 6 nitrogen and oxygen atoms in total. The fraction of sp³-hybridized carbons (Fsp3) is 0.0448. The molecule has 1 aliphatic carbocycles. The molecule has 0 saturated heterocycles. The van der Waals surface area contributed by atoms with Gasteiger partial charge in [-0.15, -0.1) is 11.3 Å². The van der Waals surface area contributed by atoms with Gasteiger partial charge in [0.2, 0.25) is 0 Å². The largest absolute Gasteiger partial charge is 0.309 e. The van der Waals surface area contributed by atoms with Gasteiger partial charge >= 0.3 is 0 Å². The van der Waals surface area contributed by atoms with Crippen LogP contribution in [-0.2, 0) is 5.41 Å². The van der Waals surface area contributed by atoms with Gasteiger partial charge in [-0.05, 0) is 106 Å². The normalized spacial score (nSPS) is 12.8. The molecule has 14 aromatic rings. The van der Waals surface area contributed by atoms with Crippen LogP contribution in [0.4, 0.5) is 0 Å². The Morgan fingerprint density at radius 2 is 1.04 bits per heavy atom. The Balaban J connectivity index is 0.938. The molecule has 0 saturated carbocycles. The molecule has 0 amide bonds. The molecule has 7 heteroatoms. The summed E-state index contributed by atoms with van der Waals surface area (Å²) in [6.07, 6.45) is 0. The summed E-state index contributed by atoms with van der Waals surface area (Å²) in [4.78, 5) is 15.8. The second kappa shape index (κ2) is 16.0. The van der Waals surface area contributed by atoms with Crippen LogP contribution in [-0.4, -0.2) is 24.1 Å². The molecule has 0 N–H and O–H groups in total. The summed E-state index contributed by atoms with van der Waals surface area (Å²) in [5, 5.41) is 18.2. The van der Waals surface area contributed by atoms with Gasteiger partial charge in [0.1, 0.15) is 6.07 Å². The fourth-order valence-corrected chi connectivity index (χ4v) is 13.1. The molecule has 10 aromatic carbocycles.